The number of halogens is 1. The molecule has 1 rings (SSSR count). The lowest BCUT2D eigenvalue weighted by atomic mass is 10.0. The first-order chi connectivity index (χ1) is 7.13. The maximum Gasteiger partial charge on any atom is 0.148 e. The van der Waals surface area contributed by atoms with Crippen LogP contribution in [0.15, 0.2) is 12.5 Å². The molecule has 3 N–H and O–H groups in total. The quantitative estimate of drug-likeness (QED) is 0.808. The first kappa shape index (κ1) is 12.2. The van der Waals surface area contributed by atoms with Crippen molar-refractivity contribution in [2.45, 2.75) is 26.3 Å². The average Bonchev–Trinajstić information content (AvgIpc) is 2.19. The lowest BCUT2D eigenvalue weighted by molar-refractivity contribution is 0.521. The van der Waals surface area contributed by atoms with Crippen LogP contribution in [-0.4, -0.2) is 22.6 Å². The van der Waals surface area contributed by atoms with E-state index in [0.717, 1.165) is 6.42 Å². The second-order valence-electron chi connectivity index (χ2n) is 3.93. The van der Waals surface area contributed by atoms with Gasteiger partial charge in [0.15, 0.2) is 0 Å². The van der Waals surface area contributed by atoms with Gasteiger partial charge >= 0.3 is 0 Å². The fourth-order valence-electron chi connectivity index (χ4n) is 1.40. The van der Waals surface area contributed by atoms with E-state index in [1.165, 1.54) is 6.33 Å². The van der Waals surface area contributed by atoms with Crippen molar-refractivity contribution in [3.8, 4) is 0 Å². The van der Waals surface area contributed by atoms with Crippen molar-refractivity contribution in [1.82, 2.24) is 9.97 Å². The number of nitrogens with zero attached hydrogens (tertiary/aromatic N) is 2. The molecule has 1 heterocycles. The van der Waals surface area contributed by atoms with Gasteiger partial charge in [0.1, 0.15) is 17.2 Å². The zero-order valence-corrected chi connectivity index (χ0v) is 9.83. The molecule has 4 nitrogen and oxygen atoms in total. The second kappa shape index (κ2) is 5.88. The summed E-state index contributed by atoms with van der Waals surface area (Å²) in [5, 5.41) is 3.75. The monoisotopic (exact) mass is 228 g/mol. The van der Waals surface area contributed by atoms with Crippen LogP contribution in [0.5, 0.6) is 0 Å². The first-order valence-corrected chi connectivity index (χ1v) is 5.43. The van der Waals surface area contributed by atoms with Gasteiger partial charge in [0.25, 0.3) is 0 Å². The van der Waals surface area contributed by atoms with Crippen molar-refractivity contribution in [2.75, 3.05) is 11.9 Å². The molecule has 1 unspecified atom stereocenters. The van der Waals surface area contributed by atoms with E-state index in [1.54, 1.807) is 6.20 Å². The van der Waals surface area contributed by atoms with Gasteiger partial charge in [-0.15, -0.1) is 0 Å². The van der Waals surface area contributed by atoms with Crippen LogP contribution in [-0.2, 0) is 0 Å². The molecule has 1 atom stereocenters. The minimum atomic E-state index is 0.206. The smallest absolute Gasteiger partial charge is 0.148 e. The lowest BCUT2D eigenvalue weighted by Gasteiger charge is -2.19. The molecule has 0 aliphatic heterocycles. The summed E-state index contributed by atoms with van der Waals surface area (Å²) < 4.78 is 0. The molecule has 0 aromatic carbocycles. The van der Waals surface area contributed by atoms with Crippen LogP contribution >= 0.6 is 11.6 Å². The van der Waals surface area contributed by atoms with E-state index < -0.39 is 0 Å². The van der Waals surface area contributed by atoms with Crippen LogP contribution in [0.3, 0.4) is 0 Å². The third-order valence-corrected chi connectivity index (χ3v) is 2.33. The highest BCUT2D eigenvalue weighted by Gasteiger charge is 2.11. The highest BCUT2D eigenvalue weighted by atomic mass is 35.5. The number of anilines is 1. The number of rotatable bonds is 5. The van der Waals surface area contributed by atoms with E-state index >= 15 is 0 Å². The molecular weight excluding hydrogens is 212 g/mol. The van der Waals surface area contributed by atoms with Crippen LogP contribution in [0.4, 0.5) is 5.82 Å². The molecule has 0 aliphatic rings. The minimum Gasteiger partial charge on any atom is -0.365 e. The maximum absolute atomic E-state index is 5.93. The van der Waals surface area contributed by atoms with Gasteiger partial charge in [0.05, 0.1) is 6.20 Å². The molecule has 0 bridgehead atoms. The van der Waals surface area contributed by atoms with E-state index in [2.05, 4.69) is 29.1 Å². The molecule has 0 radical (unpaired) electrons. The Morgan fingerprint density at radius 3 is 2.80 bits per heavy atom. The van der Waals surface area contributed by atoms with Gasteiger partial charge in [-0.25, -0.2) is 9.97 Å². The summed E-state index contributed by atoms with van der Waals surface area (Å²) in [5.41, 5.74) is 5.67. The van der Waals surface area contributed by atoms with Gasteiger partial charge in [0, 0.05) is 12.6 Å². The van der Waals surface area contributed by atoms with E-state index in [0.29, 0.717) is 23.3 Å². The molecule has 84 valence electrons. The first-order valence-electron chi connectivity index (χ1n) is 5.05. The lowest BCUT2D eigenvalue weighted by Crippen LogP contribution is -2.30. The van der Waals surface area contributed by atoms with Gasteiger partial charge in [-0.2, -0.15) is 0 Å². The van der Waals surface area contributed by atoms with Crippen molar-refractivity contribution in [1.29, 1.82) is 0 Å². The van der Waals surface area contributed by atoms with E-state index in [4.69, 9.17) is 17.3 Å². The summed E-state index contributed by atoms with van der Waals surface area (Å²) in [7, 11) is 0. The largest absolute Gasteiger partial charge is 0.365 e. The fraction of sp³-hybridized carbons (Fsp3) is 0.600. The standard InChI is InChI=1S/C10H17ClN4/c1-7(2)3-8(4-12)15-10-9(11)5-13-6-14-10/h5-8H,3-4,12H2,1-2H3,(H,13,14,15). The Labute approximate surface area is 95.3 Å². The van der Waals surface area contributed by atoms with Crippen LogP contribution in [0.1, 0.15) is 20.3 Å². The minimum absolute atomic E-state index is 0.206. The zero-order valence-electron chi connectivity index (χ0n) is 9.07. The highest BCUT2D eigenvalue weighted by molar-refractivity contribution is 6.32. The number of nitrogens with one attached hydrogen (secondary N) is 1. The summed E-state index contributed by atoms with van der Waals surface area (Å²) in [5.74, 6) is 1.24. The van der Waals surface area contributed by atoms with E-state index in [1.807, 2.05) is 0 Å². The summed E-state index contributed by atoms with van der Waals surface area (Å²) >= 11 is 5.93. The third-order valence-electron chi connectivity index (χ3n) is 2.05. The van der Waals surface area contributed by atoms with E-state index in [9.17, 15) is 0 Å². The van der Waals surface area contributed by atoms with Crippen molar-refractivity contribution in [3.63, 3.8) is 0 Å². The number of aromatic nitrogens is 2. The zero-order chi connectivity index (χ0) is 11.3. The summed E-state index contributed by atoms with van der Waals surface area (Å²) in [6.45, 7) is 4.89. The molecular formula is C10H17ClN4. The molecule has 0 fully saturated rings. The molecule has 1 aromatic heterocycles. The number of hydrogen-bond donors (Lipinski definition) is 2. The maximum atomic E-state index is 5.93. The van der Waals surface area contributed by atoms with Gasteiger partial charge in [-0.05, 0) is 12.3 Å². The van der Waals surface area contributed by atoms with Crippen molar-refractivity contribution >= 4 is 17.4 Å². The predicted molar refractivity (Wildman–Crippen MR) is 63.0 cm³/mol. The summed E-state index contributed by atoms with van der Waals surface area (Å²) in [4.78, 5) is 7.89. The summed E-state index contributed by atoms with van der Waals surface area (Å²) in [6.07, 6.45) is 4.04. The van der Waals surface area contributed by atoms with Crippen LogP contribution < -0.4 is 11.1 Å². The summed E-state index contributed by atoms with van der Waals surface area (Å²) in [6, 6.07) is 0.206. The Kier molecular flexibility index (Phi) is 4.78. The Bertz CT molecular complexity index is 303. The van der Waals surface area contributed by atoms with Gasteiger partial charge in [-0.1, -0.05) is 25.4 Å². The number of hydrogen-bond acceptors (Lipinski definition) is 4. The highest BCUT2D eigenvalue weighted by Crippen LogP contribution is 2.18. The molecule has 0 amide bonds. The van der Waals surface area contributed by atoms with Crippen molar-refractivity contribution < 1.29 is 0 Å². The molecule has 0 aliphatic carbocycles. The molecule has 15 heavy (non-hydrogen) atoms. The predicted octanol–water partition coefficient (Wildman–Crippen LogP) is 1.92. The fourth-order valence-corrected chi connectivity index (χ4v) is 1.56. The van der Waals surface area contributed by atoms with Gasteiger partial charge in [0.2, 0.25) is 0 Å². The normalized spacial score (nSPS) is 12.9. The molecule has 0 saturated heterocycles. The molecule has 0 spiro atoms. The Morgan fingerprint density at radius 1 is 1.53 bits per heavy atom. The SMILES string of the molecule is CC(C)CC(CN)Nc1ncncc1Cl. The Morgan fingerprint density at radius 2 is 2.27 bits per heavy atom. The average molecular weight is 229 g/mol. The topological polar surface area (TPSA) is 63.8 Å². The van der Waals surface area contributed by atoms with Crippen molar-refractivity contribution in [3.05, 3.63) is 17.5 Å². The van der Waals surface area contributed by atoms with Crippen LogP contribution in [0, 0.1) is 5.92 Å². The van der Waals surface area contributed by atoms with Gasteiger partial charge < -0.3 is 11.1 Å². The Hall–Kier alpha value is -0.870. The van der Waals surface area contributed by atoms with Gasteiger partial charge in [-0.3, -0.25) is 0 Å². The number of nitrogens with two attached hydrogens (primary N) is 1. The second-order valence-corrected chi connectivity index (χ2v) is 4.33. The Balaban J connectivity index is 2.62. The van der Waals surface area contributed by atoms with Crippen LogP contribution in [0.2, 0.25) is 5.02 Å². The molecule has 5 heteroatoms. The third kappa shape index (κ3) is 4.01. The van der Waals surface area contributed by atoms with Crippen molar-refractivity contribution in [2.24, 2.45) is 11.7 Å². The molecule has 1 aromatic rings. The molecule has 0 saturated carbocycles. The van der Waals surface area contributed by atoms with Crippen LogP contribution in [0.25, 0.3) is 0 Å². The van der Waals surface area contributed by atoms with E-state index in [-0.39, 0.29) is 6.04 Å².